The van der Waals surface area contributed by atoms with Crippen molar-refractivity contribution >= 4 is 38.1 Å². The van der Waals surface area contributed by atoms with Gasteiger partial charge in [0, 0.05) is 17.1 Å². The van der Waals surface area contributed by atoms with Gasteiger partial charge < -0.3 is 4.90 Å². The molecule has 1 aromatic heterocycles. The number of hydrogen-bond donors (Lipinski definition) is 1. The van der Waals surface area contributed by atoms with E-state index in [1.54, 1.807) is 6.92 Å². The number of para-hydroxylation sites is 1. The molecule has 0 atom stereocenters. The van der Waals surface area contributed by atoms with Crippen LogP contribution in [-0.4, -0.2) is 32.1 Å². The second-order valence-electron chi connectivity index (χ2n) is 5.45. The molecule has 0 aliphatic rings. The quantitative estimate of drug-likeness (QED) is 0.813. The van der Waals surface area contributed by atoms with E-state index in [1.165, 1.54) is 11.3 Å². The Morgan fingerprint density at radius 3 is 2.54 bits per heavy atom. The molecule has 0 unspecified atom stereocenters. The summed E-state index contributed by atoms with van der Waals surface area (Å²) in [6.07, 6.45) is 2.97. The molecule has 24 heavy (non-hydrogen) atoms. The van der Waals surface area contributed by atoms with Gasteiger partial charge in [0.1, 0.15) is 5.69 Å². The summed E-state index contributed by atoms with van der Waals surface area (Å²) in [4.78, 5) is 19.2. The lowest BCUT2D eigenvalue weighted by Crippen LogP contribution is -2.30. The van der Waals surface area contributed by atoms with Gasteiger partial charge in [0.05, 0.1) is 6.26 Å². The smallest absolute Gasteiger partial charge is 0.284 e. The molecule has 0 spiro atoms. The molecule has 2 rings (SSSR count). The van der Waals surface area contributed by atoms with Gasteiger partial charge in [-0.25, -0.2) is 18.1 Å². The van der Waals surface area contributed by atoms with Crippen LogP contribution in [0.2, 0.25) is 0 Å². The molecule has 2 aromatic rings. The number of benzene rings is 1. The summed E-state index contributed by atoms with van der Waals surface area (Å²) >= 11 is 1.38. The van der Waals surface area contributed by atoms with Crippen LogP contribution in [0.1, 0.15) is 35.1 Å². The highest BCUT2D eigenvalue weighted by molar-refractivity contribution is 7.89. The molecular formula is C16H21N3O3S2. The Labute approximate surface area is 146 Å². The minimum absolute atomic E-state index is 0.151. The molecule has 1 aromatic carbocycles. The molecular weight excluding hydrogens is 346 g/mol. The van der Waals surface area contributed by atoms with E-state index in [2.05, 4.69) is 16.8 Å². The molecule has 0 saturated heterocycles. The van der Waals surface area contributed by atoms with Crippen LogP contribution < -0.4 is 9.62 Å². The van der Waals surface area contributed by atoms with Crippen molar-refractivity contribution in [2.24, 2.45) is 0 Å². The van der Waals surface area contributed by atoms with Crippen molar-refractivity contribution < 1.29 is 13.2 Å². The van der Waals surface area contributed by atoms with Crippen LogP contribution in [0.3, 0.4) is 0 Å². The number of sulfonamides is 1. The third kappa shape index (κ3) is 4.78. The summed E-state index contributed by atoms with van der Waals surface area (Å²) < 4.78 is 24.5. The van der Waals surface area contributed by atoms with Crippen LogP contribution in [0, 0.1) is 6.92 Å². The number of thiazole rings is 1. The Hall–Kier alpha value is -1.93. The molecule has 1 N–H and O–H groups in total. The normalized spacial score (nSPS) is 11.3. The van der Waals surface area contributed by atoms with Crippen LogP contribution in [0.5, 0.6) is 0 Å². The Morgan fingerprint density at radius 1 is 1.29 bits per heavy atom. The first-order chi connectivity index (χ1) is 11.3. The van der Waals surface area contributed by atoms with Gasteiger partial charge in [-0.15, -0.1) is 11.3 Å². The van der Waals surface area contributed by atoms with Crippen LogP contribution in [-0.2, 0) is 10.0 Å². The van der Waals surface area contributed by atoms with Gasteiger partial charge >= 0.3 is 0 Å². The number of aryl methyl sites for hydroxylation is 1. The molecule has 0 radical (unpaired) electrons. The van der Waals surface area contributed by atoms with Crippen molar-refractivity contribution in [2.75, 3.05) is 17.7 Å². The number of aromatic nitrogens is 1. The van der Waals surface area contributed by atoms with Gasteiger partial charge in [-0.3, -0.25) is 4.79 Å². The van der Waals surface area contributed by atoms with Gasteiger partial charge in [-0.1, -0.05) is 31.5 Å². The van der Waals surface area contributed by atoms with E-state index in [9.17, 15) is 13.2 Å². The van der Waals surface area contributed by atoms with Gasteiger partial charge in [0.2, 0.25) is 10.0 Å². The third-order valence-electron chi connectivity index (χ3n) is 3.31. The fraction of sp³-hybridized carbons (Fsp3) is 0.375. The molecule has 0 fully saturated rings. The first-order valence-electron chi connectivity index (χ1n) is 7.64. The zero-order chi connectivity index (χ0) is 17.7. The molecule has 0 bridgehead atoms. The Balaban J connectivity index is 2.35. The number of carbonyl (C=O) groups excluding carboxylic acids is 1. The van der Waals surface area contributed by atoms with E-state index in [4.69, 9.17) is 0 Å². The number of nitrogens with one attached hydrogen (secondary N) is 1. The molecule has 1 heterocycles. The number of anilines is 2. The van der Waals surface area contributed by atoms with E-state index in [0.29, 0.717) is 10.0 Å². The molecule has 0 aliphatic carbocycles. The summed E-state index contributed by atoms with van der Waals surface area (Å²) in [6, 6.07) is 9.82. The number of rotatable bonds is 7. The number of unbranched alkanes of at least 4 members (excludes halogenated alkanes) is 1. The van der Waals surface area contributed by atoms with E-state index in [0.717, 1.165) is 31.3 Å². The summed E-state index contributed by atoms with van der Waals surface area (Å²) in [6.45, 7) is 4.66. The zero-order valence-electron chi connectivity index (χ0n) is 13.9. The van der Waals surface area contributed by atoms with Crippen molar-refractivity contribution in [3.8, 4) is 0 Å². The van der Waals surface area contributed by atoms with E-state index in [1.807, 2.05) is 35.1 Å². The molecule has 130 valence electrons. The Kier molecular flexibility index (Phi) is 5.95. The van der Waals surface area contributed by atoms with Crippen LogP contribution in [0.25, 0.3) is 0 Å². The minimum Gasteiger partial charge on any atom is -0.318 e. The van der Waals surface area contributed by atoms with E-state index >= 15 is 0 Å². The van der Waals surface area contributed by atoms with Crippen LogP contribution >= 0.6 is 11.3 Å². The van der Waals surface area contributed by atoms with E-state index in [-0.39, 0.29) is 5.69 Å². The highest BCUT2D eigenvalue weighted by Gasteiger charge is 2.21. The Bertz CT molecular complexity index is 801. The average Bonchev–Trinajstić information content (AvgIpc) is 2.89. The monoisotopic (exact) mass is 367 g/mol. The number of amides is 1. The van der Waals surface area contributed by atoms with Crippen LogP contribution in [0.4, 0.5) is 10.8 Å². The third-order valence-corrected chi connectivity index (χ3v) is 4.86. The van der Waals surface area contributed by atoms with Gasteiger partial charge in [0.25, 0.3) is 5.91 Å². The van der Waals surface area contributed by atoms with Gasteiger partial charge in [0.15, 0.2) is 5.13 Å². The highest BCUT2D eigenvalue weighted by atomic mass is 32.2. The average molecular weight is 367 g/mol. The lowest BCUT2D eigenvalue weighted by Gasteiger charge is -2.21. The Morgan fingerprint density at radius 2 is 1.96 bits per heavy atom. The largest absolute Gasteiger partial charge is 0.318 e. The van der Waals surface area contributed by atoms with Crippen LogP contribution in [0.15, 0.2) is 30.3 Å². The number of carbonyl (C=O) groups is 1. The summed E-state index contributed by atoms with van der Waals surface area (Å²) in [5, 5.41) is 0.686. The predicted molar refractivity (Wildman–Crippen MR) is 97.5 cm³/mol. The summed E-state index contributed by atoms with van der Waals surface area (Å²) in [5.41, 5.74) is 1.15. The zero-order valence-corrected chi connectivity index (χ0v) is 15.6. The second-order valence-corrected chi connectivity index (χ2v) is 8.38. The number of nitrogens with zero attached hydrogens (tertiary/aromatic N) is 2. The van der Waals surface area contributed by atoms with Crippen molar-refractivity contribution in [1.29, 1.82) is 0 Å². The maximum Gasteiger partial charge on any atom is 0.284 e. The maximum absolute atomic E-state index is 12.1. The SMILES string of the molecule is CCCCN(c1ccccc1)c1nc(C(=O)NS(C)(=O)=O)c(C)s1. The standard InChI is InChI=1S/C16H21N3O3S2/c1-4-5-11-19(13-9-7-6-8-10-13)16-17-14(12(2)23-16)15(20)18-24(3,21)22/h6-10H,4-5,11H2,1-3H3,(H,18,20). The maximum atomic E-state index is 12.1. The predicted octanol–water partition coefficient (Wildman–Crippen LogP) is 3.08. The topological polar surface area (TPSA) is 79.4 Å². The fourth-order valence-electron chi connectivity index (χ4n) is 2.18. The summed E-state index contributed by atoms with van der Waals surface area (Å²) in [5.74, 6) is -0.694. The van der Waals surface area contributed by atoms with E-state index < -0.39 is 15.9 Å². The van der Waals surface area contributed by atoms with Crippen molar-refractivity contribution in [3.63, 3.8) is 0 Å². The minimum atomic E-state index is -3.61. The second kappa shape index (κ2) is 7.76. The van der Waals surface area contributed by atoms with Gasteiger partial charge in [-0.2, -0.15) is 0 Å². The molecule has 0 saturated carbocycles. The van der Waals surface area contributed by atoms with Gasteiger partial charge in [-0.05, 0) is 25.5 Å². The molecule has 6 nitrogen and oxygen atoms in total. The first-order valence-corrected chi connectivity index (χ1v) is 10.3. The number of hydrogen-bond acceptors (Lipinski definition) is 6. The lowest BCUT2D eigenvalue weighted by atomic mass is 10.2. The molecule has 8 heteroatoms. The van der Waals surface area contributed by atoms with Crippen molar-refractivity contribution in [1.82, 2.24) is 9.71 Å². The fourth-order valence-corrected chi connectivity index (χ4v) is 3.57. The molecule has 1 amide bonds. The lowest BCUT2D eigenvalue weighted by molar-refractivity contribution is 0.0977. The molecule has 0 aliphatic heterocycles. The summed E-state index contributed by atoms with van der Waals surface area (Å²) in [7, 11) is -3.61. The first kappa shape index (κ1) is 18.4. The highest BCUT2D eigenvalue weighted by Crippen LogP contribution is 2.31. The van der Waals surface area contributed by atoms with Crippen molar-refractivity contribution in [3.05, 3.63) is 40.9 Å². The van der Waals surface area contributed by atoms with Crippen molar-refractivity contribution in [2.45, 2.75) is 26.7 Å².